The number of carbonyl (C=O) groups is 1. The molecule has 0 saturated carbocycles. The lowest BCUT2D eigenvalue weighted by Crippen LogP contribution is -2.36. The van der Waals surface area contributed by atoms with Gasteiger partial charge in [-0.2, -0.15) is 4.31 Å². The van der Waals surface area contributed by atoms with Crippen molar-refractivity contribution in [2.75, 3.05) is 13.1 Å². The van der Waals surface area contributed by atoms with E-state index in [0.717, 1.165) is 25.8 Å². The van der Waals surface area contributed by atoms with Crippen LogP contribution in [0.5, 0.6) is 0 Å². The number of para-hydroxylation sites is 1. The Morgan fingerprint density at radius 3 is 2.72 bits per heavy atom. The average Bonchev–Trinajstić information content (AvgIpc) is 3.28. The molecular formula is C21H28N4O3S. The second-order valence-electron chi connectivity index (χ2n) is 8.39. The summed E-state index contributed by atoms with van der Waals surface area (Å²) in [6.45, 7) is 7.48. The van der Waals surface area contributed by atoms with Crippen LogP contribution in [-0.2, 0) is 16.6 Å². The van der Waals surface area contributed by atoms with Crippen LogP contribution >= 0.6 is 0 Å². The third kappa shape index (κ3) is 3.48. The molecule has 156 valence electrons. The van der Waals surface area contributed by atoms with Crippen LogP contribution in [0.2, 0.25) is 0 Å². The number of imidazole rings is 1. The molecule has 1 amide bonds. The molecule has 1 aromatic carbocycles. The topological polar surface area (TPSA) is 75.5 Å². The first-order valence-corrected chi connectivity index (χ1v) is 11.7. The minimum atomic E-state index is -3.67. The molecular weight excluding hydrogens is 388 g/mol. The lowest BCUT2D eigenvalue weighted by molar-refractivity contribution is 0.0740. The van der Waals surface area contributed by atoms with Crippen molar-refractivity contribution in [3.05, 3.63) is 42.0 Å². The van der Waals surface area contributed by atoms with E-state index in [9.17, 15) is 13.2 Å². The molecule has 2 aromatic rings. The maximum absolute atomic E-state index is 13.4. The first kappa shape index (κ1) is 20.1. The Bertz CT molecular complexity index is 1030. The fraction of sp³-hybridized carbons (Fsp3) is 0.524. The van der Waals surface area contributed by atoms with E-state index >= 15 is 0 Å². The number of likely N-dealkylation sites (tertiary alicyclic amines) is 1. The molecule has 0 aliphatic carbocycles. The van der Waals surface area contributed by atoms with Crippen molar-refractivity contribution < 1.29 is 13.2 Å². The molecule has 2 aliphatic heterocycles. The zero-order chi connectivity index (χ0) is 20.8. The van der Waals surface area contributed by atoms with Gasteiger partial charge in [0.1, 0.15) is 11.2 Å². The number of benzene rings is 1. The lowest BCUT2D eigenvalue weighted by Gasteiger charge is -2.23. The predicted octanol–water partition coefficient (Wildman–Crippen LogP) is 3.05. The predicted molar refractivity (Wildman–Crippen MR) is 110 cm³/mol. The number of aromatic nitrogens is 2. The van der Waals surface area contributed by atoms with Crippen molar-refractivity contribution in [3.8, 4) is 5.69 Å². The summed E-state index contributed by atoms with van der Waals surface area (Å²) in [6, 6.07) is 7.13. The summed E-state index contributed by atoms with van der Waals surface area (Å²) in [5, 5.41) is 0. The highest BCUT2D eigenvalue weighted by Gasteiger charge is 2.36. The summed E-state index contributed by atoms with van der Waals surface area (Å²) >= 11 is 0. The maximum Gasteiger partial charge on any atom is 0.274 e. The van der Waals surface area contributed by atoms with Gasteiger partial charge in [-0.25, -0.2) is 13.4 Å². The van der Waals surface area contributed by atoms with E-state index in [1.165, 1.54) is 4.31 Å². The number of carbonyl (C=O) groups excluding carboxylic acids is 1. The van der Waals surface area contributed by atoms with Crippen molar-refractivity contribution in [2.45, 2.75) is 57.5 Å². The van der Waals surface area contributed by atoms with Crippen molar-refractivity contribution in [3.63, 3.8) is 0 Å². The summed E-state index contributed by atoms with van der Waals surface area (Å²) in [5.74, 6) is 0.268. The number of nitrogens with zero attached hydrogens (tertiary/aromatic N) is 4. The Morgan fingerprint density at radius 2 is 2.03 bits per heavy atom. The van der Waals surface area contributed by atoms with Crippen LogP contribution in [-0.4, -0.2) is 52.2 Å². The number of sulfonamides is 1. The normalized spacial score (nSPS) is 21.1. The summed E-state index contributed by atoms with van der Waals surface area (Å²) in [6.07, 6.45) is 4.31. The number of hydrogen-bond donors (Lipinski definition) is 0. The van der Waals surface area contributed by atoms with Gasteiger partial charge in [0.15, 0.2) is 5.69 Å². The Kier molecular flexibility index (Phi) is 5.25. The molecule has 1 atom stereocenters. The van der Waals surface area contributed by atoms with Gasteiger partial charge in [-0.15, -0.1) is 0 Å². The van der Waals surface area contributed by atoms with E-state index in [0.29, 0.717) is 29.5 Å². The van der Waals surface area contributed by atoms with E-state index < -0.39 is 10.0 Å². The van der Waals surface area contributed by atoms with Gasteiger partial charge in [-0.05, 0) is 44.2 Å². The Balaban J connectivity index is 1.82. The van der Waals surface area contributed by atoms with Crippen LogP contribution < -0.4 is 0 Å². The van der Waals surface area contributed by atoms with E-state index in [1.54, 1.807) is 29.1 Å². The number of hydrogen-bond acceptors (Lipinski definition) is 4. The van der Waals surface area contributed by atoms with E-state index in [2.05, 4.69) is 18.8 Å². The van der Waals surface area contributed by atoms with Gasteiger partial charge in [-0.1, -0.05) is 26.0 Å². The van der Waals surface area contributed by atoms with Gasteiger partial charge in [-0.3, -0.25) is 9.36 Å². The Labute approximate surface area is 172 Å². The largest absolute Gasteiger partial charge is 0.335 e. The summed E-state index contributed by atoms with van der Waals surface area (Å²) in [7, 11) is -3.67. The number of fused-ring (bicyclic) bond motifs is 3. The van der Waals surface area contributed by atoms with Gasteiger partial charge >= 0.3 is 0 Å². The Hall–Kier alpha value is -2.19. The molecule has 0 bridgehead atoms. The van der Waals surface area contributed by atoms with Crippen LogP contribution in [0.1, 0.15) is 56.2 Å². The molecule has 1 saturated heterocycles. The molecule has 2 aliphatic rings. The first-order valence-electron chi connectivity index (χ1n) is 10.3. The summed E-state index contributed by atoms with van der Waals surface area (Å²) in [5.41, 5.74) is 1.56. The second-order valence-corrected chi connectivity index (χ2v) is 10.3. The van der Waals surface area contributed by atoms with Crippen LogP contribution in [0.15, 0.2) is 35.5 Å². The van der Waals surface area contributed by atoms with Gasteiger partial charge in [0, 0.05) is 19.1 Å². The fourth-order valence-electron chi connectivity index (χ4n) is 4.15. The molecule has 1 aromatic heterocycles. The third-order valence-electron chi connectivity index (χ3n) is 5.91. The van der Waals surface area contributed by atoms with Crippen molar-refractivity contribution in [1.82, 2.24) is 18.8 Å². The van der Waals surface area contributed by atoms with Crippen molar-refractivity contribution in [2.24, 2.45) is 5.92 Å². The van der Waals surface area contributed by atoms with E-state index in [1.807, 2.05) is 17.9 Å². The van der Waals surface area contributed by atoms with Gasteiger partial charge in [0.25, 0.3) is 5.91 Å². The minimum Gasteiger partial charge on any atom is -0.335 e. The molecule has 3 heterocycles. The average molecular weight is 417 g/mol. The van der Waals surface area contributed by atoms with Gasteiger partial charge in [0.05, 0.1) is 17.9 Å². The minimum absolute atomic E-state index is 0.107. The van der Waals surface area contributed by atoms with Gasteiger partial charge < -0.3 is 4.90 Å². The highest BCUT2D eigenvalue weighted by molar-refractivity contribution is 7.89. The van der Waals surface area contributed by atoms with Crippen LogP contribution in [0, 0.1) is 5.92 Å². The lowest BCUT2D eigenvalue weighted by atomic mass is 10.1. The van der Waals surface area contributed by atoms with Gasteiger partial charge in [0.2, 0.25) is 10.0 Å². The fourth-order valence-corrected chi connectivity index (χ4v) is 5.75. The second kappa shape index (κ2) is 7.57. The molecule has 29 heavy (non-hydrogen) atoms. The van der Waals surface area contributed by atoms with Crippen LogP contribution in [0.3, 0.4) is 0 Å². The molecule has 8 heteroatoms. The van der Waals surface area contributed by atoms with Crippen molar-refractivity contribution >= 4 is 15.9 Å². The standard InChI is InChI=1S/C21H28N4O3S/c1-15(2)10-12-23-13-18-20(21(26)24-11-6-7-16(24)3)22-14-25(18)17-8-4-5-9-19(17)29(23,27)28/h4-5,8-9,14-16H,6-7,10-13H2,1-3H3/t16-/m1/s1. The Morgan fingerprint density at radius 1 is 1.28 bits per heavy atom. The first-order chi connectivity index (χ1) is 13.8. The maximum atomic E-state index is 13.4. The number of rotatable bonds is 4. The highest BCUT2D eigenvalue weighted by atomic mass is 32.2. The molecule has 0 spiro atoms. The molecule has 1 fully saturated rings. The zero-order valence-electron chi connectivity index (χ0n) is 17.2. The number of amides is 1. The zero-order valence-corrected chi connectivity index (χ0v) is 18.0. The van der Waals surface area contributed by atoms with Crippen LogP contribution in [0.25, 0.3) is 5.69 Å². The monoisotopic (exact) mass is 416 g/mol. The summed E-state index contributed by atoms with van der Waals surface area (Å²) < 4.78 is 30.0. The van der Waals surface area contributed by atoms with E-state index in [-0.39, 0.29) is 23.4 Å². The molecule has 0 unspecified atom stereocenters. The van der Waals surface area contributed by atoms with E-state index in [4.69, 9.17) is 0 Å². The smallest absolute Gasteiger partial charge is 0.274 e. The molecule has 4 rings (SSSR count). The SMILES string of the molecule is CC(C)CCN1Cc2c(C(=O)N3CCC[C@H]3C)ncn2-c2ccccc2S1(=O)=O. The van der Waals surface area contributed by atoms with Crippen LogP contribution in [0.4, 0.5) is 0 Å². The molecule has 7 nitrogen and oxygen atoms in total. The highest BCUT2D eigenvalue weighted by Crippen LogP contribution is 2.32. The van der Waals surface area contributed by atoms with Crippen molar-refractivity contribution in [1.29, 1.82) is 0 Å². The molecule has 0 radical (unpaired) electrons. The summed E-state index contributed by atoms with van der Waals surface area (Å²) in [4.78, 5) is 19.8. The molecule has 0 N–H and O–H groups in total. The quantitative estimate of drug-likeness (QED) is 0.768. The third-order valence-corrected chi connectivity index (χ3v) is 7.80.